The predicted octanol–water partition coefficient (Wildman–Crippen LogP) is 5.91. The Morgan fingerprint density at radius 2 is 0.882 bits per heavy atom. The van der Waals surface area contributed by atoms with E-state index in [9.17, 15) is 8.42 Å². The molecule has 0 unspecified atom stereocenters. The van der Waals surface area contributed by atoms with Crippen molar-refractivity contribution in [2.75, 3.05) is 26.4 Å². The van der Waals surface area contributed by atoms with Crippen LogP contribution in [0.4, 0.5) is 0 Å². The first-order chi connectivity index (χ1) is 16.5. The van der Waals surface area contributed by atoms with Crippen LogP contribution in [0.15, 0.2) is 29.2 Å². The van der Waals surface area contributed by atoms with Gasteiger partial charge < -0.3 is 15.3 Å². The lowest BCUT2D eigenvalue weighted by atomic mass is 10.1. The molecule has 0 heterocycles. The molecule has 3 N–H and O–H groups in total. The Morgan fingerprint density at radius 1 is 0.559 bits per heavy atom. The molecule has 0 aliphatic rings. The largest absolute Gasteiger partial charge is 0.396 e. The van der Waals surface area contributed by atoms with E-state index in [0.29, 0.717) is 13.2 Å². The fraction of sp³-hybridized carbons (Fsp3) is 0.778. The Bertz CT molecular complexity index is 636. The Balaban J connectivity index is 0.000000770. The van der Waals surface area contributed by atoms with Crippen molar-refractivity contribution in [3.05, 3.63) is 29.8 Å². The van der Waals surface area contributed by atoms with Gasteiger partial charge in [-0.05, 0) is 44.7 Å². The first-order valence-electron chi connectivity index (χ1n) is 13.3. The lowest BCUT2D eigenvalue weighted by Gasteiger charge is -2.06. The number of aryl methyl sites for hydroxylation is 1. The van der Waals surface area contributed by atoms with E-state index >= 15 is 0 Å². The quantitative estimate of drug-likeness (QED) is 0.143. The number of benzene rings is 1. The van der Waals surface area contributed by atoms with Crippen molar-refractivity contribution in [1.82, 2.24) is 0 Å². The maximum Gasteiger partial charge on any atom is 0.296 e. The summed E-state index contributed by atoms with van der Waals surface area (Å²) in [7, 11) is -3.61. The van der Waals surface area contributed by atoms with E-state index in [1.54, 1.807) is 24.3 Å². The van der Waals surface area contributed by atoms with Crippen LogP contribution in [0.1, 0.15) is 108 Å². The highest BCUT2D eigenvalue weighted by Crippen LogP contribution is 2.14. The molecule has 34 heavy (non-hydrogen) atoms. The fourth-order valence-corrected chi connectivity index (χ4v) is 4.44. The smallest absolute Gasteiger partial charge is 0.296 e. The minimum Gasteiger partial charge on any atom is -0.396 e. The zero-order valence-electron chi connectivity index (χ0n) is 21.4. The van der Waals surface area contributed by atoms with E-state index in [4.69, 9.17) is 19.5 Å². The summed E-state index contributed by atoms with van der Waals surface area (Å²) in [6, 6.07) is 6.70. The van der Waals surface area contributed by atoms with Crippen molar-refractivity contribution in [2.24, 2.45) is 0 Å². The Kier molecular flexibility index (Phi) is 23.0. The normalized spacial score (nSPS) is 11.3. The summed E-state index contributed by atoms with van der Waals surface area (Å²) in [6.45, 7) is 3.13. The molecule has 0 bridgehead atoms. The van der Waals surface area contributed by atoms with Crippen LogP contribution >= 0.6 is 0 Å². The SMILES string of the molecule is Cc1ccc(S(=O)(=O)OCCCCCCCCCCO)cc1.OCCCCCCCCCCO. The van der Waals surface area contributed by atoms with Crippen molar-refractivity contribution in [1.29, 1.82) is 0 Å². The predicted molar refractivity (Wildman–Crippen MR) is 139 cm³/mol. The monoisotopic (exact) mass is 502 g/mol. The maximum atomic E-state index is 11.9. The van der Waals surface area contributed by atoms with Crippen LogP contribution in [0.2, 0.25) is 0 Å². The summed E-state index contributed by atoms with van der Waals surface area (Å²) in [5, 5.41) is 25.7. The van der Waals surface area contributed by atoms with Crippen molar-refractivity contribution in [2.45, 2.75) is 115 Å². The van der Waals surface area contributed by atoms with Crippen LogP contribution in [-0.4, -0.2) is 50.2 Å². The molecule has 0 aliphatic heterocycles. The summed E-state index contributed by atoms with van der Waals surface area (Å²) in [6.07, 6.45) is 17.7. The van der Waals surface area contributed by atoms with Gasteiger partial charge in [0.25, 0.3) is 10.1 Å². The number of hydrogen-bond donors (Lipinski definition) is 3. The molecule has 1 aromatic carbocycles. The summed E-state index contributed by atoms with van der Waals surface area (Å²) in [5.41, 5.74) is 1.03. The van der Waals surface area contributed by atoms with Gasteiger partial charge in [-0.3, -0.25) is 4.18 Å². The van der Waals surface area contributed by atoms with Gasteiger partial charge in [0, 0.05) is 19.8 Å². The van der Waals surface area contributed by atoms with E-state index in [1.807, 2.05) is 6.92 Å². The number of hydrogen-bond acceptors (Lipinski definition) is 6. The third kappa shape index (κ3) is 20.4. The average Bonchev–Trinajstić information content (AvgIpc) is 2.83. The standard InChI is InChI=1S/C17H28O4S.C10H22O2/c1-16-10-12-17(13-11-16)22(19,20)21-15-9-7-5-3-2-4-6-8-14-18;11-9-7-5-3-1-2-4-6-8-10-12/h10-13,18H,2-9,14-15H2,1H3;11-12H,1-10H2. The molecule has 1 aromatic rings. The Hall–Kier alpha value is -0.990. The molecule has 0 saturated carbocycles. The molecule has 0 fully saturated rings. The molecule has 0 aliphatic carbocycles. The lowest BCUT2D eigenvalue weighted by Crippen LogP contribution is -2.07. The van der Waals surface area contributed by atoms with Gasteiger partial charge in [0.05, 0.1) is 11.5 Å². The van der Waals surface area contributed by atoms with E-state index < -0.39 is 10.1 Å². The van der Waals surface area contributed by atoms with Gasteiger partial charge in [-0.2, -0.15) is 8.42 Å². The van der Waals surface area contributed by atoms with Crippen molar-refractivity contribution in [3.63, 3.8) is 0 Å². The van der Waals surface area contributed by atoms with Crippen LogP contribution in [0.3, 0.4) is 0 Å². The zero-order chi connectivity index (χ0) is 25.3. The second-order valence-electron chi connectivity index (χ2n) is 8.92. The van der Waals surface area contributed by atoms with Gasteiger partial charge in [0.2, 0.25) is 0 Å². The van der Waals surface area contributed by atoms with Gasteiger partial charge in [-0.15, -0.1) is 0 Å². The second kappa shape index (κ2) is 23.7. The highest BCUT2D eigenvalue weighted by atomic mass is 32.2. The third-order valence-corrected chi connectivity index (χ3v) is 6.99. The number of rotatable bonds is 21. The zero-order valence-corrected chi connectivity index (χ0v) is 22.2. The Morgan fingerprint density at radius 3 is 1.24 bits per heavy atom. The van der Waals surface area contributed by atoms with E-state index in [-0.39, 0.29) is 18.1 Å². The maximum absolute atomic E-state index is 11.9. The molecule has 0 atom stereocenters. The van der Waals surface area contributed by atoms with Crippen LogP contribution in [0.25, 0.3) is 0 Å². The average molecular weight is 503 g/mol. The lowest BCUT2D eigenvalue weighted by molar-refractivity contribution is 0.279. The van der Waals surface area contributed by atoms with Gasteiger partial charge in [-0.25, -0.2) is 0 Å². The molecule has 0 saturated heterocycles. The molecule has 200 valence electrons. The van der Waals surface area contributed by atoms with E-state index in [1.165, 1.54) is 38.5 Å². The molecule has 0 radical (unpaired) electrons. The van der Waals surface area contributed by atoms with Crippen LogP contribution in [0.5, 0.6) is 0 Å². The van der Waals surface area contributed by atoms with Gasteiger partial charge >= 0.3 is 0 Å². The van der Waals surface area contributed by atoms with Crippen molar-refractivity contribution >= 4 is 10.1 Å². The molecule has 0 amide bonds. The molecule has 1 rings (SSSR count). The molecular formula is C27H50O6S. The summed E-state index contributed by atoms with van der Waals surface area (Å²) < 4.78 is 28.9. The molecular weight excluding hydrogens is 452 g/mol. The third-order valence-electron chi connectivity index (χ3n) is 5.67. The van der Waals surface area contributed by atoms with Crippen molar-refractivity contribution in [3.8, 4) is 0 Å². The van der Waals surface area contributed by atoms with E-state index in [2.05, 4.69) is 0 Å². The van der Waals surface area contributed by atoms with Crippen LogP contribution < -0.4 is 0 Å². The summed E-state index contributed by atoms with van der Waals surface area (Å²) in [5.74, 6) is 0. The first-order valence-corrected chi connectivity index (χ1v) is 14.7. The van der Waals surface area contributed by atoms with Gasteiger partial charge in [-0.1, -0.05) is 94.7 Å². The first kappa shape index (κ1) is 33.0. The van der Waals surface area contributed by atoms with Gasteiger partial charge in [0.1, 0.15) is 0 Å². The second-order valence-corrected chi connectivity index (χ2v) is 10.5. The number of aliphatic hydroxyl groups is 3. The highest BCUT2D eigenvalue weighted by Gasteiger charge is 2.14. The highest BCUT2D eigenvalue weighted by molar-refractivity contribution is 7.86. The fourth-order valence-electron chi connectivity index (χ4n) is 3.50. The van der Waals surface area contributed by atoms with E-state index in [0.717, 1.165) is 69.8 Å². The Labute approximate surface area is 208 Å². The van der Waals surface area contributed by atoms with Gasteiger partial charge in [0.15, 0.2) is 0 Å². The van der Waals surface area contributed by atoms with Crippen molar-refractivity contribution < 1.29 is 27.9 Å². The summed E-state index contributed by atoms with van der Waals surface area (Å²) in [4.78, 5) is 0.224. The number of aliphatic hydroxyl groups excluding tert-OH is 3. The summed E-state index contributed by atoms with van der Waals surface area (Å²) >= 11 is 0. The van der Waals surface area contributed by atoms with Crippen LogP contribution in [-0.2, 0) is 14.3 Å². The minimum atomic E-state index is -3.61. The molecule has 0 aromatic heterocycles. The number of unbranched alkanes of at least 4 members (excludes halogenated alkanes) is 14. The topological polar surface area (TPSA) is 104 Å². The minimum absolute atomic E-state index is 0.224. The molecule has 0 spiro atoms. The molecule has 6 nitrogen and oxygen atoms in total. The molecule has 7 heteroatoms. The van der Waals surface area contributed by atoms with Crippen LogP contribution in [0, 0.1) is 6.92 Å².